The van der Waals surface area contributed by atoms with Crippen molar-refractivity contribution in [1.82, 2.24) is 0 Å². The number of rotatable bonds is 13. The number of hydrogen-bond acceptors (Lipinski definition) is 3. The molecule has 188 valence electrons. The number of nitrogens with zero attached hydrogens (tertiary/aromatic N) is 1. The largest absolute Gasteiger partial charge is 0.418 e. The van der Waals surface area contributed by atoms with E-state index in [0.717, 1.165) is 38.1 Å². The monoisotopic (exact) mass is 505 g/mol. The van der Waals surface area contributed by atoms with Crippen molar-refractivity contribution in [2.45, 2.75) is 65.0 Å². The number of benzene rings is 3. The molecule has 0 atom stereocenters. The van der Waals surface area contributed by atoms with E-state index in [1.54, 1.807) is 0 Å². The summed E-state index contributed by atoms with van der Waals surface area (Å²) < 4.78 is 12.0. The first-order valence-corrected chi connectivity index (χ1v) is 19.3. The molecule has 0 aliphatic rings. The molecule has 0 unspecified atom stereocenters. The molecule has 0 aliphatic heterocycles. The van der Waals surface area contributed by atoms with Gasteiger partial charge in [0.2, 0.25) is 0 Å². The summed E-state index contributed by atoms with van der Waals surface area (Å²) in [7, 11) is -3.14. The molecule has 0 fully saturated rings. The fraction of sp³-hybridized carbons (Fsp3) is 0.400. The van der Waals surface area contributed by atoms with Crippen LogP contribution in [-0.4, -0.2) is 29.8 Å². The van der Waals surface area contributed by atoms with Gasteiger partial charge in [-0.15, -0.1) is 0 Å². The molecule has 0 N–H and O–H groups in total. The van der Waals surface area contributed by atoms with Gasteiger partial charge in [0, 0.05) is 30.3 Å². The summed E-state index contributed by atoms with van der Waals surface area (Å²) >= 11 is 0. The first-order chi connectivity index (χ1) is 16.7. The van der Waals surface area contributed by atoms with Crippen LogP contribution in [0.25, 0.3) is 0 Å². The van der Waals surface area contributed by atoms with E-state index in [1.165, 1.54) is 28.2 Å². The van der Waals surface area contributed by atoms with Gasteiger partial charge in [-0.05, 0) is 112 Å². The first-order valence-electron chi connectivity index (χ1n) is 13.0. The second kappa shape index (κ2) is 12.7. The Balaban J connectivity index is 1.78. The summed E-state index contributed by atoms with van der Waals surface area (Å²) in [5, 5.41) is 0. The van der Waals surface area contributed by atoms with Gasteiger partial charge < -0.3 is 13.8 Å². The third kappa shape index (κ3) is 8.46. The van der Waals surface area contributed by atoms with Crippen molar-refractivity contribution in [3.63, 3.8) is 0 Å². The Morgan fingerprint density at radius 1 is 0.543 bits per heavy atom. The zero-order chi connectivity index (χ0) is 25.3. The van der Waals surface area contributed by atoms with E-state index in [0.29, 0.717) is 0 Å². The summed E-state index contributed by atoms with van der Waals surface area (Å²) in [5.41, 5.74) is 6.28. The third-order valence-corrected chi connectivity index (χ3v) is 11.6. The summed E-state index contributed by atoms with van der Waals surface area (Å²) in [4.78, 5) is 2.34. The van der Waals surface area contributed by atoms with E-state index in [2.05, 4.69) is 124 Å². The molecule has 3 rings (SSSR count). The standard InChI is InChI=1S/C30H43NO2Si2/c1-7-32-34(3,4)24-22-26-14-18-29(19-15-26)31(28-12-10-9-11-13-28)30-20-16-27(17-21-30)23-25-35(5,6)33-8-2/h9-21H,7-8,22-25H2,1-6H3. The molecular weight excluding hydrogens is 463 g/mol. The zero-order valence-electron chi connectivity index (χ0n) is 22.5. The molecular formula is C30H43NO2Si2. The van der Waals surface area contributed by atoms with E-state index in [1.807, 2.05) is 0 Å². The Morgan fingerprint density at radius 2 is 0.914 bits per heavy atom. The van der Waals surface area contributed by atoms with E-state index >= 15 is 0 Å². The molecule has 0 heterocycles. The van der Waals surface area contributed by atoms with E-state index < -0.39 is 16.6 Å². The van der Waals surface area contributed by atoms with Crippen molar-refractivity contribution in [3.05, 3.63) is 90.0 Å². The number of anilines is 3. The van der Waals surface area contributed by atoms with Crippen molar-refractivity contribution in [3.8, 4) is 0 Å². The minimum Gasteiger partial charge on any atom is -0.418 e. The first kappa shape index (κ1) is 27.4. The van der Waals surface area contributed by atoms with E-state index in [9.17, 15) is 0 Å². The molecule has 3 aromatic rings. The normalized spacial score (nSPS) is 12.1. The molecule has 0 aliphatic carbocycles. The summed E-state index contributed by atoms with van der Waals surface area (Å²) in [6, 6.07) is 31.0. The minimum atomic E-state index is -1.57. The van der Waals surface area contributed by atoms with Gasteiger partial charge in [0.05, 0.1) is 0 Å². The van der Waals surface area contributed by atoms with Crippen LogP contribution < -0.4 is 4.90 Å². The highest BCUT2D eigenvalue weighted by Gasteiger charge is 2.22. The van der Waals surface area contributed by atoms with Crippen LogP contribution in [0, 0.1) is 0 Å². The van der Waals surface area contributed by atoms with Crippen molar-refractivity contribution in [2.24, 2.45) is 0 Å². The molecule has 0 bridgehead atoms. The smallest absolute Gasteiger partial charge is 0.187 e. The Labute approximate surface area is 215 Å². The lowest BCUT2D eigenvalue weighted by Crippen LogP contribution is -2.30. The van der Waals surface area contributed by atoms with Crippen LogP contribution in [0.2, 0.25) is 38.3 Å². The van der Waals surface area contributed by atoms with Gasteiger partial charge in [0.15, 0.2) is 16.6 Å². The van der Waals surface area contributed by atoms with Gasteiger partial charge in [-0.2, -0.15) is 0 Å². The molecule has 0 saturated heterocycles. The van der Waals surface area contributed by atoms with Crippen LogP contribution in [0.3, 0.4) is 0 Å². The molecule has 0 aromatic heterocycles. The topological polar surface area (TPSA) is 21.7 Å². The fourth-order valence-electron chi connectivity index (χ4n) is 4.46. The maximum Gasteiger partial charge on any atom is 0.187 e. The van der Waals surface area contributed by atoms with Gasteiger partial charge in [0.1, 0.15) is 0 Å². The Bertz CT molecular complexity index is 953. The molecule has 3 aromatic carbocycles. The summed E-state index contributed by atoms with van der Waals surface area (Å²) in [6.45, 7) is 15.1. The average Bonchev–Trinajstić information content (AvgIpc) is 2.84. The van der Waals surface area contributed by atoms with Crippen LogP contribution in [0.4, 0.5) is 17.1 Å². The summed E-state index contributed by atoms with van der Waals surface area (Å²) in [5.74, 6) is 0. The van der Waals surface area contributed by atoms with Crippen LogP contribution in [0.15, 0.2) is 78.9 Å². The second-order valence-corrected chi connectivity index (χ2v) is 19.0. The number of aryl methyl sites for hydroxylation is 2. The predicted molar refractivity (Wildman–Crippen MR) is 156 cm³/mol. The Hall–Kier alpha value is -2.19. The highest BCUT2D eigenvalue weighted by atomic mass is 28.4. The zero-order valence-corrected chi connectivity index (χ0v) is 24.5. The van der Waals surface area contributed by atoms with Crippen molar-refractivity contribution >= 4 is 33.7 Å². The van der Waals surface area contributed by atoms with Gasteiger partial charge in [0.25, 0.3) is 0 Å². The Kier molecular flexibility index (Phi) is 9.93. The summed E-state index contributed by atoms with van der Waals surface area (Å²) in [6.07, 6.45) is 2.14. The third-order valence-electron chi connectivity index (χ3n) is 6.51. The molecule has 0 saturated carbocycles. The average molecular weight is 506 g/mol. The lowest BCUT2D eigenvalue weighted by atomic mass is 10.1. The van der Waals surface area contributed by atoms with Crippen molar-refractivity contribution < 1.29 is 8.85 Å². The molecule has 0 amide bonds. The molecule has 35 heavy (non-hydrogen) atoms. The molecule has 0 radical (unpaired) electrons. The maximum atomic E-state index is 6.01. The van der Waals surface area contributed by atoms with Gasteiger partial charge in [-0.25, -0.2) is 0 Å². The highest BCUT2D eigenvalue weighted by molar-refractivity contribution is 6.71. The maximum absolute atomic E-state index is 6.01. The van der Waals surface area contributed by atoms with Gasteiger partial charge >= 0.3 is 0 Å². The Morgan fingerprint density at radius 3 is 1.29 bits per heavy atom. The number of para-hydroxylation sites is 1. The fourth-order valence-corrected chi connectivity index (χ4v) is 8.10. The minimum absolute atomic E-state index is 0.815. The lowest BCUT2D eigenvalue weighted by molar-refractivity contribution is 0.328. The van der Waals surface area contributed by atoms with Crippen LogP contribution in [-0.2, 0) is 21.7 Å². The van der Waals surface area contributed by atoms with Crippen LogP contribution in [0.1, 0.15) is 25.0 Å². The van der Waals surface area contributed by atoms with Crippen LogP contribution >= 0.6 is 0 Å². The van der Waals surface area contributed by atoms with E-state index in [-0.39, 0.29) is 0 Å². The van der Waals surface area contributed by atoms with Crippen molar-refractivity contribution in [2.75, 3.05) is 18.1 Å². The quantitative estimate of drug-likeness (QED) is 0.217. The predicted octanol–water partition coefficient (Wildman–Crippen LogP) is 8.72. The molecule has 3 nitrogen and oxygen atoms in total. The van der Waals surface area contributed by atoms with Crippen LogP contribution in [0.5, 0.6) is 0 Å². The second-order valence-electron chi connectivity index (χ2n) is 10.4. The number of hydrogen-bond donors (Lipinski definition) is 0. The highest BCUT2D eigenvalue weighted by Crippen LogP contribution is 2.35. The molecule has 5 heteroatoms. The molecule has 0 spiro atoms. The lowest BCUT2D eigenvalue weighted by Gasteiger charge is -2.26. The van der Waals surface area contributed by atoms with Crippen molar-refractivity contribution in [1.29, 1.82) is 0 Å². The van der Waals surface area contributed by atoms with Gasteiger partial charge in [-0.1, -0.05) is 42.5 Å². The SMILES string of the molecule is CCO[Si](C)(C)CCc1ccc(N(c2ccccc2)c2ccc(CC[Si](C)(C)OCC)cc2)cc1. The van der Waals surface area contributed by atoms with Gasteiger partial charge in [-0.3, -0.25) is 0 Å². The van der Waals surface area contributed by atoms with E-state index in [4.69, 9.17) is 8.85 Å².